The van der Waals surface area contributed by atoms with E-state index in [0.29, 0.717) is 12.0 Å². The fourth-order valence-electron chi connectivity index (χ4n) is 3.32. The van der Waals surface area contributed by atoms with Gasteiger partial charge in [0.2, 0.25) is 0 Å². The first-order chi connectivity index (χ1) is 7.82. The molecule has 102 valence electrons. The molecule has 0 aromatic rings. The van der Waals surface area contributed by atoms with Crippen molar-refractivity contribution in [1.82, 2.24) is 5.32 Å². The largest absolute Gasteiger partial charge is 0.369 e. The molecule has 1 aliphatic heterocycles. The summed E-state index contributed by atoms with van der Waals surface area (Å²) in [6.07, 6.45) is 4.88. The molecule has 2 unspecified atom stereocenters. The van der Waals surface area contributed by atoms with Crippen LogP contribution >= 0.6 is 0 Å². The average molecular weight is 241 g/mol. The maximum absolute atomic E-state index is 6.22. The SMILES string of the molecule is CCCNC(CCC)C1CC(C)(C)OC1(C)C. The number of rotatable bonds is 6. The standard InChI is InChI=1S/C15H31NO/c1-7-9-13(16-10-8-2)12-11-14(3,4)17-15(12,5)6/h12-13,16H,7-11H2,1-6H3. The quantitative estimate of drug-likeness (QED) is 0.764. The van der Waals surface area contributed by atoms with Crippen LogP contribution in [0.15, 0.2) is 0 Å². The summed E-state index contributed by atoms with van der Waals surface area (Å²) in [6, 6.07) is 0.608. The number of hydrogen-bond acceptors (Lipinski definition) is 2. The minimum atomic E-state index is 0.00405. The lowest BCUT2D eigenvalue weighted by atomic mass is 9.80. The van der Waals surface area contributed by atoms with Crippen LogP contribution in [0.2, 0.25) is 0 Å². The van der Waals surface area contributed by atoms with Crippen LogP contribution in [0.4, 0.5) is 0 Å². The molecule has 2 atom stereocenters. The van der Waals surface area contributed by atoms with Crippen LogP contribution in [0, 0.1) is 5.92 Å². The van der Waals surface area contributed by atoms with E-state index in [1.165, 1.54) is 25.7 Å². The van der Waals surface area contributed by atoms with Crippen LogP contribution in [0.25, 0.3) is 0 Å². The third-order valence-electron chi connectivity index (χ3n) is 3.89. The summed E-state index contributed by atoms with van der Waals surface area (Å²) in [5.41, 5.74) is 0.0398. The summed E-state index contributed by atoms with van der Waals surface area (Å²) in [6.45, 7) is 14.6. The van der Waals surface area contributed by atoms with Crippen molar-refractivity contribution >= 4 is 0 Å². The molecular formula is C15H31NO. The van der Waals surface area contributed by atoms with Gasteiger partial charge in [-0.1, -0.05) is 20.3 Å². The fraction of sp³-hybridized carbons (Fsp3) is 1.00. The van der Waals surface area contributed by atoms with Gasteiger partial charge in [0, 0.05) is 12.0 Å². The highest BCUT2D eigenvalue weighted by Gasteiger charge is 2.48. The lowest BCUT2D eigenvalue weighted by Gasteiger charge is -2.33. The molecule has 0 amide bonds. The lowest BCUT2D eigenvalue weighted by Crippen LogP contribution is -2.44. The zero-order valence-electron chi connectivity index (χ0n) is 12.6. The summed E-state index contributed by atoms with van der Waals surface area (Å²) in [4.78, 5) is 0. The maximum Gasteiger partial charge on any atom is 0.0677 e. The predicted molar refractivity (Wildman–Crippen MR) is 74.3 cm³/mol. The highest BCUT2D eigenvalue weighted by atomic mass is 16.5. The molecule has 17 heavy (non-hydrogen) atoms. The van der Waals surface area contributed by atoms with Crippen molar-refractivity contribution in [2.45, 2.75) is 84.5 Å². The van der Waals surface area contributed by atoms with Crippen molar-refractivity contribution in [2.75, 3.05) is 6.54 Å². The number of hydrogen-bond donors (Lipinski definition) is 1. The average Bonchev–Trinajstić information content (AvgIpc) is 2.41. The maximum atomic E-state index is 6.22. The zero-order valence-corrected chi connectivity index (χ0v) is 12.6. The predicted octanol–water partition coefficient (Wildman–Crippen LogP) is 3.75. The van der Waals surface area contributed by atoms with Crippen molar-refractivity contribution in [1.29, 1.82) is 0 Å². The second-order valence-electron chi connectivity index (χ2n) is 6.63. The van der Waals surface area contributed by atoms with E-state index in [1.807, 2.05) is 0 Å². The lowest BCUT2D eigenvalue weighted by molar-refractivity contribution is -0.0779. The van der Waals surface area contributed by atoms with Gasteiger partial charge in [0.25, 0.3) is 0 Å². The highest BCUT2D eigenvalue weighted by Crippen LogP contribution is 2.44. The van der Waals surface area contributed by atoms with E-state index in [0.717, 1.165) is 6.54 Å². The van der Waals surface area contributed by atoms with E-state index in [4.69, 9.17) is 4.74 Å². The van der Waals surface area contributed by atoms with Crippen LogP contribution in [-0.4, -0.2) is 23.8 Å². The van der Waals surface area contributed by atoms with E-state index in [-0.39, 0.29) is 11.2 Å². The number of ether oxygens (including phenoxy) is 1. The molecule has 2 heteroatoms. The van der Waals surface area contributed by atoms with E-state index < -0.39 is 0 Å². The zero-order chi connectivity index (χ0) is 13.1. The molecule has 0 radical (unpaired) electrons. The van der Waals surface area contributed by atoms with Crippen LogP contribution in [-0.2, 0) is 4.74 Å². The molecule has 0 saturated carbocycles. The highest BCUT2D eigenvalue weighted by molar-refractivity contribution is 4.99. The molecule has 0 aromatic carbocycles. The van der Waals surface area contributed by atoms with E-state index >= 15 is 0 Å². The van der Waals surface area contributed by atoms with Crippen molar-refractivity contribution in [3.8, 4) is 0 Å². The van der Waals surface area contributed by atoms with E-state index in [1.54, 1.807) is 0 Å². The second-order valence-corrected chi connectivity index (χ2v) is 6.63. The van der Waals surface area contributed by atoms with Crippen LogP contribution in [0.5, 0.6) is 0 Å². The normalized spacial score (nSPS) is 28.2. The van der Waals surface area contributed by atoms with Gasteiger partial charge in [0.15, 0.2) is 0 Å². The van der Waals surface area contributed by atoms with Crippen molar-refractivity contribution < 1.29 is 4.74 Å². The van der Waals surface area contributed by atoms with E-state index in [9.17, 15) is 0 Å². The Balaban J connectivity index is 2.72. The Morgan fingerprint density at radius 1 is 1.18 bits per heavy atom. The summed E-state index contributed by atoms with van der Waals surface area (Å²) in [5, 5.41) is 3.73. The summed E-state index contributed by atoms with van der Waals surface area (Å²) >= 11 is 0. The Kier molecular flexibility index (Phi) is 5.03. The van der Waals surface area contributed by atoms with Gasteiger partial charge in [0.05, 0.1) is 11.2 Å². The van der Waals surface area contributed by atoms with Gasteiger partial charge < -0.3 is 10.1 Å². The third kappa shape index (κ3) is 3.96. The van der Waals surface area contributed by atoms with Gasteiger partial charge in [-0.2, -0.15) is 0 Å². The van der Waals surface area contributed by atoms with Gasteiger partial charge in [-0.05, 0) is 53.5 Å². The summed E-state index contributed by atoms with van der Waals surface area (Å²) in [7, 11) is 0. The minimum absolute atomic E-state index is 0.00405. The summed E-state index contributed by atoms with van der Waals surface area (Å²) in [5.74, 6) is 0.629. The van der Waals surface area contributed by atoms with Crippen LogP contribution in [0.1, 0.15) is 67.2 Å². The van der Waals surface area contributed by atoms with Gasteiger partial charge in [-0.3, -0.25) is 0 Å². The topological polar surface area (TPSA) is 21.3 Å². The molecule has 0 bridgehead atoms. The molecule has 1 heterocycles. The minimum Gasteiger partial charge on any atom is -0.369 e. The molecule has 1 N–H and O–H groups in total. The molecule has 1 fully saturated rings. The van der Waals surface area contributed by atoms with Gasteiger partial charge in [-0.15, -0.1) is 0 Å². The summed E-state index contributed by atoms with van der Waals surface area (Å²) < 4.78 is 6.22. The Hall–Kier alpha value is -0.0800. The first kappa shape index (κ1) is 15.0. The second kappa shape index (κ2) is 5.71. The first-order valence-corrected chi connectivity index (χ1v) is 7.26. The smallest absolute Gasteiger partial charge is 0.0677 e. The molecule has 2 nitrogen and oxygen atoms in total. The molecule has 0 aromatic heterocycles. The van der Waals surface area contributed by atoms with Crippen LogP contribution in [0.3, 0.4) is 0 Å². The van der Waals surface area contributed by atoms with Crippen molar-refractivity contribution in [3.63, 3.8) is 0 Å². The van der Waals surface area contributed by atoms with Crippen molar-refractivity contribution in [2.24, 2.45) is 5.92 Å². The Bertz CT molecular complexity index is 235. The number of nitrogens with one attached hydrogen (secondary N) is 1. The molecule has 1 rings (SSSR count). The Morgan fingerprint density at radius 3 is 2.24 bits per heavy atom. The molecule has 0 spiro atoms. The van der Waals surface area contributed by atoms with Crippen molar-refractivity contribution in [3.05, 3.63) is 0 Å². The molecule has 1 saturated heterocycles. The van der Waals surface area contributed by atoms with Gasteiger partial charge in [-0.25, -0.2) is 0 Å². The molecular weight excluding hydrogens is 210 g/mol. The molecule has 1 aliphatic rings. The third-order valence-corrected chi connectivity index (χ3v) is 3.89. The van der Waals surface area contributed by atoms with E-state index in [2.05, 4.69) is 46.9 Å². The van der Waals surface area contributed by atoms with Gasteiger partial charge >= 0.3 is 0 Å². The Morgan fingerprint density at radius 2 is 1.82 bits per heavy atom. The monoisotopic (exact) mass is 241 g/mol. The van der Waals surface area contributed by atoms with Gasteiger partial charge in [0.1, 0.15) is 0 Å². The van der Waals surface area contributed by atoms with Crippen LogP contribution < -0.4 is 5.32 Å². The fourth-order valence-corrected chi connectivity index (χ4v) is 3.32. The molecule has 0 aliphatic carbocycles. The Labute approximate surface area is 108 Å². The first-order valence-electron chi connectivity index (χ1n) is 7.26.